The smallest absolute Gasteiger partial charge is 0.252 e. The second-order valence-electron chi connectivity index (χ2n) is 3.19. The Bertz CT molecular complexity index is 513. The number of anilines is 1. The third-order valence-corrected chi connectivity index (χ3v) is 4.03. The van der Waals surface area contributed by atoms with Gasteiger partial charge in [0.1, 0.15) is 0 Å². The van der Waals surface area contributed by atoms with E-state index in [1.807, 2.05) is 23.8 Å². The molecule has 0 unspecified atom stereocenters. The van der Waals surface area contributed by atoms with Gasteiger partial charge in [-0.1, -0.05) is 0 Å². The number of primary amides is 1. The van der Waals surface area contributed by atoms with Crippen LogP contribution in [0.3, 0.4) is 0 Å². The van der Waals surface area contributed by atoms with Crippen molar-refractivity contribution in [2.24, 2.45) is 5.73 Å². The molecular formula is C10H10N2OS2. The molecule has 2 aromatic heterocycles. The maximum atomic E-state index is 11.3. The van der Waals surface area contributed by atoms with Crippen LogP contribution in [0.2, 0.25) is 0 Å². The van der Waals surface area contributed by atoms with Gasteiger partial charge in [-0.15, -0.1) is 22.7 Å². The molecule has 0 spiro atoms. The molecule has 0 bridgehead atoms. The summed E-state index contributed by atoms with van der Waals surface area (Å²) >= 11 is 2.94. The predicted octanol–water partition coefficient (Wildman–Crippen LogP) is 2.47. The van der Waals surface area contributed by atoms with E-state index >= 15 is 0 Å². The van der Waals surface area contributed by atoms with Crippen LogP contribution in [0.15, 0.2) is 16.8 Å². The Labute approximate surface area is 95.3 Å². The number of aryl methyl sites for hydroxylation is 1. The molecule has 0 aliphatic heterocycles. The molecule has 3 nitrogen and oxygen atoms in total. The Hall–Kier alpha value is -1.33. The lowest BCUT2D eigenvalue weighted by molar-refractivity contribution is 0.100. The predicted molar refractivity (Wildman–Crippen MR) is 65.3 cm³/mol. The third-order valence-electron chi connectivity index (χ3n) is 2.17. The van der Waals surface area contributed by atoms with Gasteiger partial charge in [-0.25, -0.2) is 0 Å². The summed E-state index contributed by atoms with van der Waals surface area (Å²) in [6.45, 7) is 2.00. The SMILES string of the molecule is Cc1ccsc1-c1csc(N)c1C(N)=O. The van der Waals surface area contributed by atoms with E-state index in [0.29, 0.717) is 10.6 Å². The van der Waals surface area contributed by atoms with Gasteiger partial charge in [-0.2, -0.15) is 0 Å². The monoisotopic (exact) mass is 238 g/mol. The van der Waals surface area contributed by atoms with Gasteiger partial charge >= 0.3 is 0 Å². The van der Waals surface area contributed by atoms with Crippen LogP contribution in [-0.4, -0.2) is 5.91 Å². The number of amides is 1. The van der Waals surface area contributed by atoms with Crippen molar-refractivity contribution in [3.05, 3.63) is 28.0 Å². The first kappa shape index (κ1) is 10.2. The highest BCUT2D eigenvalue weighted by Gasteiger charge is 2.17. The molecule has 2 rings (SSSR count). The average molecular weight is 238 g/mol. The fraction of sp³-hybridized carbons (Fsp3) is 0.100. The van der Waals surface area contributed by atoms with E-state index < -0.39 is 5.91 Å². The Morgan fingerprint density at radius 2 is 2.13 bits per heavy atom. The lowest BCUT2D eigenvalue weighted by Crippen LogP contribution is -2.12. The molecule has 15 heavy (non-hydrogen) atoms. The molecule has 0 aromatic carbocycles. The Balaban J connectivity index is 2.64. The zero-order chi connectivity index (χ0) is 11.0. The first-order chi connectivity index (χ1) is 7.11. The fourth-order valence-corrected chi connectivity index (χ4v) is 3.28. The van der Waals surface area contributed by atoms with Gasteiger partial charge in [-0.05, 0) is 23.9 Å². The summed E-state index contributed by atoms with van der Waals surface area (Å²) < 4.78 is 0. The van der Waals surface area contributed by atoms with Gasteiger partial charge in [0.15, 0.2) is 0 Å². The highest BCUT2D eigenvalue weighted by atomic mass is 32.1. The van der Waals surface area contributed by atoms with Crippen molar-refractivity contribution in [2.45, 2.75) is 6.92 Å². The number of hydrogen-bond acceptors (Lipinski definition) is 4. The molecule has 2 aromatic rings. The number of carbonyl (C=O) groups excluding carboxylic acids is 1. The Morgan fingerprint density at radius 1 is 1.40 bits per heavy atom. The van der Waals surface area contributed by atoms with Gasteiger partial charge < -0.3 is 11.5 Å². The topological polar surface area (TPSA) is 69.1 Å². The highest BCUT2D eigenvalue weighted by molar-refractivity contribution is 7.16. The van der Waals surface area contributed by atoms with Gasteiger partial charge in [0.25, 0.3) is 5.91 Å². The summed E-state index contributed by atoms with van der Waals surface area (Å²) in [5, 5.41) is 4.36. The van der Waals surface area contributed by atoms with Crippen LogP contribution in [0, 0.1) is 6.92 Å². The van der Waals surface area contributed by atoms with E-state index in [2.05, 4.69) is 0 Å². The molecule has 0 fully saturated rings. The van der Waals surface area contributed by atoms with Gasteiger partial charge in [0.05, 0.1) is 10.6 Å². The molecule has 0 aliphatic carbocycles. The van der Waals surface area contributed by atoms with Crippen molar-refractivity contribution >= 4 is 33.6 Å². The van der Waals surface area contributed by atoms with Crippen LogP contribution in [0.25, 0.3) is 10.4 Å². The number of nitrogens with two attached hydrogens (primary N) is 2. The average Bonchev–Trinajstić information content (AvgIpc) is 2.71. The van der Waals surface area contributed by atoms with Crippen molar-refractivity contribution in [1.29, 1.82) is 0 Å². The largest absolute Gasteiger partial charge is 0.390 e. The van der Waals surface area contributed by atoms with Crippen LogP contribution in [0.4, 0.5) is 5.00 Å². The number of thiophene rings is 2. The van der Waals surface area contributed by atoms with Gasteiger partial charge in [-0.3, -0.25) is 4.79 Å². The fourth-order valence-electron chi connectivity index (χ4n) is 1.44. The summed E-state index contributed by atoms with van der Waals surface area (Å²) in [6, 6.07) is 2.01. The minimum atomic E-state index is -0.462. The number of rotatable bonds is 2. The first-order valence-electron chi connectivity index (χ1n) is 4.32. The normalized spacial score (nSPS) is 10.5. The van der Waals surface area contributed by atoms with E-state index in [1.165, 1.54) is 11.3 Å². The van der Waals surface area contributed by atoms with E-state index in [9.17, 15) is 4.79 Å². The van der Waals surface area contributed by atoms with Crippen molar-refractivity contribution in [3.63, 3.8) is 0 Å². The number of carbonyl (C=O) groups is 1. The number of nitrogen functional groups attached to an aromatic ring is 1. The molecule has 0 aliphatic rings. The first-order valence-corrected chi connectivity index (χ1v) is 6.08. The highest BCUT2D eigenvalue weighted by Crippen LogP contribution is 2.37. The molecule has 2 heterocycles. The van der Waals surface area contributed by atoms with Crippen LogP contribution in [-0.2, 0) is 0 Å². The van der Waals surface area contributed by atoms with Gasteiger partial charge in [0, 0.05) is 15.8 Å². The van der Waals surface area contributed by atoms with Crippen molar-refractivity contribution in [3.8, 4) is 10.4 Å². The van der Waals surface area contributed by atoms with Gasteiger partial charge in [0.2, 0.25) is 0 Å². The second-order valence-corrected chi connectivity index (χ2v) is 5.01. The maximum absolute atomic E-state index is 11.3. The molecule has 0 atom stereocenters. The third kappa shape index (κ3) is 1.64. The number of hydrogen-bond donors (Lipinski definition) is 2. The van der Waals surface area contributed by atoms with E-state index in [-0.39, 0.29) is 0 Å². The lowest BCUT2D eigenvalue weighted by atomic mass is 10.1. The van der Waals surface area contributed by atoms with E-state index in [1.54, 1.807) is 11.3 Å². The standard InChI is InChI=1S/C10H10N2OS2/c1-5-2-3-14-8(5)6-4-15-10(12)7(6)9(11)13/h2-4H,12H2,1H3,(H2,11,13). The quantitative estimate of drug-likeness (QED) is 0.843. The molecular weight excluding hydrogens is 228 g/mol. The minimum Gasteiger partial charge on any atom is -0.390 e. The lowest BCUT2D eigenvalue weighted by Gasteiger charge is -2.00. The summed E-state index contributed by atoms with van der Waals surface area (Å²) in [5.41, 5.74) is 13.5. The molecule has 0 saturated carbocycles. The Kier molecular flexibility index (Phi) is 2.50. The van der Waals surface area contributed by atoms with Crippen molar-refractivity contribution in [1.82, 2.24) is 0 Å². The van der Waals surface area contributed by atoms with E-state index in [0.717, 1.165) is 16.0 Å². The molecule has 78 valence electrons. The van der Waals surface area contributed by atoms with Crippen LogP contribution in [0.1, 0.15) is 15.9 Å². The zero-order valence-corrected chi connectivity index (χ0v) is 9.74. The van der Waals surface area contributed by atoms with E-state index in [4.69, 9.17) is 11.5 Å². The molecule has 4 N–H and O–H groups in total. The van der Waals surface area contributed by atoms with Crippen LogP contribution >= 0.6 is 22.7 Å². The molecule has 1 amide bonds. The minimum absolute atomic E-state index is 0.450. The zero-order valence-electron chi connectivity index (χ0n) is 8.11. The van der Waals surface area contributed by atoms with Crippen LogP contribution in [0.5, 0.6) is 0 Å². The summed E-state index contributed by atoms with van der Waals surface area (Å²) in [4.78, 5) is 12.3. The van der Waals surface area contributed by atoms with Crippen molar-refractivity contribution < 1.29 is 4.79 Å². The summed E-state index contributed by atoms with van der Waals surface area (Å²) in [5.74, 6) is -0.462. The maximum Gasteiger partial charge on any atom is 0.252 e. The van der Waals surface area contributed by atoms with Crippen LogP contribution < -0.4 is 11.5 Å². The summed E-state index contributed by atoms with van der Waals surface area (Å²) in [7, 11) is 0. The molecule has 0 radical (unpaired) electrons. The second kappa shape index (κ2) is 3.67. The molecule has 5 heteroatoms. The summed E-state index contributed by atoms with van der Waals surface area (Å²) in [6.07, 6.45) is 0. The Morgan fingerprint density at radius 3 is 2.67 bits per heavy atom. The van der Waals surface area contributed by atoms with Crippen molar-refractivity contribution in [2.75, 3.05) is 5.73 Å². The molecule has 0 saturated heterocycles.